The molecule has 0 bridgehead atoms. The maximum Gasteiger partial charge on any atom is 0.412 e. The zero-order valence-corrected chi connectivity index (χ0v) is 13.8. The van der Waals surface area contributed by atoms with Crippen LogP contribution in [0.3, 0.4) is 0 Å². The van der Waals surface area contributed by atoms with Crippen molar-refractivity contribution in [3.8, 4) is 10.6 Å². The number of hydrogen-bond acceptors (Lipinski definition) is 6. The van der Waals surface area contributed by atoms with Gasteiger partial charge >= 0.3 is 6.09 Å². The van der Waals surface area contributed by atoms with Crippen LogP contribution in [-0.4, -0.2) is 23.1 Å². The Morgan fingerprint density at radius 3 is 2.79 bits per heavy atom. The van der Waals surface area contributed by atoms with Crippen LogP contribution in [0.25, 0.3) is 10.6 Å². The van der Waals surface area contributed by atoms with Crippen LogP contribution in [0.5, 0.6) is 0 Å². The van der Waals surface area contributed by atoms with Crippen LogP contribution in [0.2, 0.25) is 0 Å². The number of hydrogen-bond donors (Lipinski definition) is 2. The molecule has 0 aliphatic heterocycles. The third kappa shape index (κ3) is 4.08. The Hall–Kier alpha value is -2.93. The number of carbonyl (C=O) groups excluding carboxylic acids is 1. The maximum atomic E-state index is 11.9. The topological polar surface area (TPSA) is 76.1 Å². The molecule has 0 unspecified atom stereocenters. The lowest BCUT2D eigenvalue weighted by atomic mass is 10.2. The van der Waals surface area contributed by atoms with E-state index in [4.69, 9.17) is 4.74 Å². The molecule has 2 heterocycles. The molecule has 0 aliphatic rings. The minimum Gasteiger partial charge on any atom is -0.444 e. The van der Waals surface area contributed by atoms with Gasteiger partial charge in [-0.1, -0.05) is 30.3 Å². The Morgan fingerprint density at radius 1 is 1.17 bits per heavy atom. The van der Waals surface area contributed by atoms with Gasteiger partial charge in [-0.3, -0.25) is 5.32 Å². The highest BCUT2D eigenvalue weighted by Gasteiger charge is 2.09. The molecule has 122 valence electrons. The second-order valence-corrected chi connectivity index (χ2v) is 5.95. The van der Waals surface area contributed by atoms with Crippen LogP contribution in [0.4, 0.5) is 15.7 Å². The SMILES string of the molecule is CNc1nccc(-c2ccc(NC(=O)OCc3ccccc3)s2)n1. The summed E-state index contributed by atoms with van der Waals surface area (Å²) in [4.78, 5) is 21.3. The van der Waals surface area contributed by atoms with Crippen LogP contribution in [-0.2, 0) is 11.3 Å². The van der Waals surface area contributed by atoms with Crippen molar-refractivity contribution < 1.29 is 9.53 Å². The third-order valence-corrected chi connectivity index (χ3v) is 4.20. The summed E-state index contributed by atoms with van der Waals surface area (Å²) in [6.07, 6.45) is 1.21. The average Bonchev–Trinajstić information content (AvgIpc) is 3.09. The van der Waals surface area contributed by atoms with Crippen LogP contribution in [0, 0.1) is 0 Å². The molecule has 0 atom stereocenters. The fraction of sp³-hybridized carbons (Fsp3) is 0.118. The highest BCUT2D eigenvalue weighted by molar-refractivity contribution is 7.19. The lowest BCUT2D eigenvalue weighted by Crippen LogP contribution is -2.12. The Labute approximate surface area is 143 Å². The number of ether oxygens (including phenoxy) is 1. The van der Waals surface area contributed by atoms with Crippen molar-refractivity contribution in [1.82, 2.24) is 9.97 Å². The number of thiophene rings is 1. The van der Waals surface area contributed by atoms with Crippen molar-refractivity contribution in [1.29, 1.82) is 0 Å². The van der Waals surface area contributed by atoms with E-state index in [1.165, 1.54) is 11.3 Å². The Balaban J connectivity index is 1.60. The zero-order chi connectivity index (χ0) is 16.8. The molecule has 6 nitrogen and oxygen atoms in total. The fourth-order valence-electron chi connectivity index (χ4n) is 2.02. The second-order valence-electron chi connectivity index (χ2n) is 4.87. The molecule has 3 rings (SSSR count). The van der Waals surface area contributed by atoms with Crippen LogP contribution < -0.4 is 10.6 Å². The van der Waals surface area contributed by atoms with E-state index in [-0.39, 0.29) is 6.61 Å². The van der Waals surface area contributed by atoms with Crippen LogP contribution in [0.1, 0.15) is 5.56 Å². The molecule has 3 aromatic rings. The van der Waals surface area contributed by atoms with Gasteiger partial charge in [0.05, 0.1) is 15.6 Å². The van der Waals surface area contributed by atoms with Gasteiger partial charge in [0.15, 0.2) is 0 Å². The Bertz CT molecular complexity index is 820. The lowest BCUT2D eigenvalue weighted by molar-refractivity contribution is 0.155. The molecule has 0 fully saturated rings. The van der Waals surface area contributed by atoms with E-state index >= 15 is 0 Å². The van der Waals surface area contributed by atoms with E-state index < -0.39 is 6.09 Å². The van der Waals surface area contributed by atoms with E-state index in [2.05, 4.69) is 20.6 Å². The zero-order valence-electron chi connectivity index (χ0n) is 13.0. The fourth-order valence-corrected chi connectivity index (χ4v) is 2.88. The standard InChI is InChI=1S/C17H16N4O2S/c1-18-16-19-10-9-13(20-16)14-7-8-15(24-14)21-17(22)23-11-12-5-3-2-4-6-12/h2-10H,11H2,1H3,(H,21,22)(H,18,19,20). The van der Waals surface area contributed by atoms with Crippen molar-refractivity contribution in [3.05, 3.63) is 60.3 Å². The second kappa shape index (κ2) is 7.56. The maximum absolute atomic E-state index is 11.9. The normalized spacial score (nSPS) is 10.2. The van der Waals surface area contributed by atoms with Crippen molar-refractivity contribution in [2.45, 2.75) is 6.61 Å². The van der Waals surface area contributed by atoms with E-state index in [1.807, 2.05) is 48.5 Å². The third-order valence-electron chi connectivity index (χ3n) is 3.18. The summed E-state index contributed by atoms with van der Waals surface area (Å²) in [5.41, 5.74) is 1.74. The summed E-state index contributed by atoms with van der Waals surface area (Å²) in [6.45, 7) is 0.238. The quantitative estimate of drug-likeness (QED) is 0.734. The van der Waals surface area contributed by atoms with Crippen molar-refractivity contribution in [2.24, 2.45) is 0 Å². The average molecular weight is 340 g/mol. The molecule has 2 aromatic heterocycles. The van der Waals surface area contributed by atoms with Crippen LogP contribution in [0.15, 0.2) is 54.7 Å². The first-order valence-electron chi connectivity index (χ1n) is 7.33. The Morgan fingerprint density at radius 2 is 2.00 bits per heavy atom. The molecule has 1 amide bonds. The van der Waals surface area contributed by atoms with Gasteiger partial charge in [-0.05, 0) is 23.8 Å². The number of nitrogens with one attached hydrogen (secondary N) is 2. The predicted octanol–water partition coefficient (Wildman–Crippen LogP) is 4.00. The molecule has 0 saturated carbocycles. The number of carbonyl (C=O) groups is 1. The number of rotatable bonds is 5. The van der Waals surface area contributed by atoms with Gasteiger partial charge in [0, 0.05) is 13.2 Å². The number of amides is 1. The first-order valence-corrected chi connectivity index (χ1v) is 8.15. The molecular formula is C17H16N4O2S. The van der Waals surface area contributed by atoms with Crippen molar-refractivity contribution in [2.75, 3.05) is 17.7 Å². The molecule has 1 aromatic carbocycles. The van der Waals surface area contributed by atoms with Gasteiger partial charge in [0.2, 0.25) is 5.95 Å². The lowest BCUT2D eigenvalue weighted by Gasteiger charge is -2.05. The summed E-state index contributed by atoms with van der Waals surface area (Å²) in [5.74, 6) is 0.553. The first kappa shape index (κ1) is 15.9. The van der Waals surface area contributed by atoms with Gasteiger partial charge in [0.1, 0.15) is 6.61 Å². The van der Waals surface area contributed by atoms with E-state index in [0.29, 0.717) is 10.9 Å². The summed E-state index contributed by atoms with van der Waals surface area (Å²) in [6, 6.07) is 15.1. The molecule has 0 radical (unpaired) electrons. The smallest absolute Gasteiger partial charge is 0.412 e. The van der Waals surface area contributed by atoms with Crippen molar-refractivity contribution in [3.63, 3.8) is 0 Å². The molecule has 7 heteroatoms. The number of benzene rings is 1. The molecule has 2 N–H and O–H groups in total. The van der Waals surface area contributed by atoms with E-state index in [9.17, 15) is 4.79 Å². The van der Waals surface area contributed by atoms with Gasteiger partial charge in [-0.25, -0.2) is 14.8 Å². The highest BCUT2D eigenvalue weighted by atomic mass is 32.1. The molecule has 0 saturated heterocycles. The van der Waals surface area contributed by atoms with Crippen molar-refractivity contribution >= 4 is 28.4 Å². The Kier molecular flexibility index (Phi) is 5.02. The minimum atomic E-state index is -0.481. The molecular weight excluding hydrogens is 324 g/mol. The molecule has 24 heavy (non-hydrogen) atoms. The first-order chi connectivity index (χ1) is 11.7. The van der Waals surface area contributed by atoms with Gasteiger partial charge in [-0.15, -0.1) is 11.3 Å². The largest absolute Gasteiger partial charge is 0.444 e. The minimum absolute atomic E-state index is 0.238. The number of anilines is 2. The monoisotopic (exact) mass is 340 g/mol. The summed E-state index contributed by atoms with van der Waals surface area (Å²) in [5, 5.41) is 6.33. The predicted molar refractivity (Wildman–Crippen MR) is 95.1 cm³/mol. The van der Waals surface area contributed by atoms with E-state index in [1.54, 1.807) is 13.2 Å². The number of nitrogens with zero attached hydrogens (tertiary/aromatic N) is 2. The number of aromatic nitrogens is 2. The summed E-state index contributed by atoms with van der Waals surface area (Å²) in [7, 11) is 1.77. The molecule has 0 aliphatic carbocycles. The highest BCUT2D eigenvalue weighted by Crippen LogP contribution is 2.30. The van der Waals surface area contributed by atoms with Gasteiger partial charge in [0.25, 0.3) is 0 Å². The van der Waals surface area contributed by atoms with E-state index in [0.717, 1.165) is 16.1 Å². The molecule has 0 spiro atoms. The summed E-state index contributed by atoms with van der Waals surface area (Å²) >= 11 is 1.43. The summed E-state index contributed by atoms with van der Waals surface area (Å²) < 4.78 is 5.20. The van der Waals surface area contributed by atoms with Gasteiger partial charge in [-0.2, -0.15) is 0 Å². The van der Waals surface area contributed by atoms with Gasteiger partial charge < -0.3 is 10.1 Å². The van der Waals surface area contributed by atoms with Crippen LogP contribution >= 0.6 is 11.3 Å².